The molecule has 2 rings (SSSR count). The smallest absolute Gasteiger partial charge is 0.419 e. The maximum Gasteiger partial charge on any atom is 0.419 e. The number of aromatic carboxylic acids is 1. The van der Waals surface area contributed by atoms with Crippen LogP contribution in [0, 0.1) is 5.82 Å². The summed E-state index contributed by atoms with van der Waals surface area (Å²) in [5.74, 6) is -2.94. The van der Waals surface area contributed by atoms with Gasteiger partial charge >= 0.3 is 12.1 Å². The molecule has 0 unspecified atom stereocenters. The SMILES string of the molecule is Nc1sc(-c2cccc(C(F)(F)F)c2F)nc1C(=O)O. The monoisotopic (exact) mass is 306 g/mol. The van der Waals surface area contributed by atoms with Gasteiger partial charge in [0.25, 0.3) is 0 Å². The van der Waals surface area contributed by atoms with Crippen LogP contribution in [0.5, 0.6) is 0 Å². The summed E-state index contributed by atoms with van der Waals surface area (Å²) < 4.78 is 51.6. The number of aromatic nitrogens is 1. The fraction of sp³-hybridized carbons (Fsp3) is 0.0909. The summed E-state index contributed by atoms with van der Waals surface area (Å²) in [7, 11) is 0. The molecule has 106 valence electrons. The van der Waals surface area contributed by atoms with Crippen LogP contribution < -0.4 is 5.73 Å². The van der Waals surface area contributed by atoms with Crippen molar-refractivity contribution in [1.29, 1.82) is 0 Å². The van der Waals surface area contributed by atoms with Crippen LogP contribution in [0.3, 0.4) is 0 Å². The lowest BCUT2D eigenvalue weighted by atomic mass is 10.1. The third-order valence-electron chi connectivity index (χ3n) is 2.39. The van der Waals surface area contributed by atoms with Crippen molar-refractivity contribution in [1.82, 2.24) is 4.98 Å². The van der Waals surface area contributed by atoms with E-state index in [1.807, 2.05) is 0 Å². The van der Waals surface area contributed by atoms with Crippen LogP contribution in [0.1, 0.15) is 16.1 Å². The molecule has 3 N–H and O–H groups in total. The topological polar surface area (TPSA) is 76.2 Å². The highest BCUT2D eigenvalue weighted by molar-refractivity contribution is 7.19. The predicted molar refractivity (Wildman–Crippen MR) is 63.9 cm³/mol. The average molecular weight is 306 g/mol. The van der Waals surface area contributed by atoms with Crippen molar-refractivity contribution in [3.8, 4) is 10.6 Å². The van der Waals surface area contributed by atoms with E-state index in [0.29, 0.717) is 17.4 Å². The molecule has 1 aromatic heterocycles. The first-order valence-electron chi connectivity index (χ1n) is 5.07. The third kappa shape index (κ3) is 2.44. The van der Waals surface area contributed by atoms with Crippen LogP contribution in [0.2, 0.25) is 0 Å². The number of hydrogen-bond acceptors (Lipinski definition) is 4. The zero-order valence-corrected chi connectivity index (χ0v) is 10.3. The number of carbonyl (C=O) groups is 1. The number of carboxylic acid groups (broad SMARTS) is 1. The summed E-state index contributed by atoms with van der Waals surface area (Å²) in [6.45, 7) is 0. The number of nitrogens with zero attached hydrogens (tertiary/aromatic N) is 1. The van der Waals surface area contributed by atoms with E-state index in [0.717, 1.165) is 12.1 Å². The molecule has 0 fully saturated rings. The zero-order valence-electron chi connectivity index (χ0n) is 9.53. The Morgan fingerprint density at radius 3 is 2.50 bits per heavy atom. The van der Waals surface area contributed by atoms with Crippen LogP contribution >= 0.6 is 11.3 Å². The van der Waals surface area contributed by atoms with Crippen LogP contribution in [-0.4, -0.2) is 16.1 Å². The van der Waals surface area contributed by atoms with Gasteiger partial charge in [0.2, 0.25) is 0 Å². The molecule has 20 heavy (non-hydrogen) atoms. The Kier molecular flexibility index (Phi) is 3.38. The van der Waals surface area contributed by atoms with Gasteiger partial charge in [0.15, 0.2) is 5.69 Å². The maximum absolute atomic E-state index is 13.9. The Morgan fingerprint density at radius 1 is 1.35 bits per heavy atom. The molecular formula is C11H6F4N2O2S. The van der Waals surface area contributed by atoms with E-state index in [2.05, 4.69) is 4.98 Å². The van der Waals surface area contributed by atoms with Gasteiger partial charge in [-0.2, -0.15) is 13.2 Å². The number of nitrogen functional groups attached to an aromatic ring is 1. The molecule has 4 nitrogen and oxygen atoms in total. The van der Waals surface area contributed by atoms with Crippen molar-refractivity contribution in [3.05, 3.63) is 35.3 Å². The Morgan fingerprint density at radius 2 is 2.00 bits per heavy atom. The van der Waals surface area contributed by atoms with Crippen LogP contribution in [0.4, 0.5) is 22.6 Å². The molecule has 0 saturated carbocycles. The number of thiazole rings is 1. The quantitative estimate of drug-likeness (QED) is 0.835. The van der Waals surface area contributed by atoms with Crippen molar-refractivity contribution in [2.75, 3.05) is 5.73 Å². The van der Waals surface area contributed by atoms with Gasteiger partial charge in [-0.1, -0.05) is 17.4 Å². The number of halogens is 4. The fourth-order valence-electron chi connectivity index (χ4n) is 1.52. The van der Waals surface area contributed by atoms with Crippen LogP contribution in [-0.2, 0) is 6.18 Å². The second-order valence-corrected chi connectivity index (χ2v) is 4.73. The standard InChI is InChI=1S/C11H6F4N2O2S/c12-6-4(2-1-3-5(6)11(13,14)15)9-17-7(10(18)19)8(16)20-9/h1-3H,16H2,(H,18,19). The molecule has 9 heteroatoms. The Hall–Kier alpha value is -2.16. The molecule has 0 aliphatic rings. The molecule has 0 saturated heterocycles. The van der Waals surface area contributed by atoms with Gasteiger partial charge in [-0.05, 0) is 12.1 Å². The molecule has 0 bridgehead atoms. The van der Waals surface area contributed by atoms with Gasteiger partial charge in [-0.25, -0.2) is 14.2 Å². The minimum atomic E-state index is -4.85. The number of carboxylic acids is 1. The summed E-state index contributed by atoms with van der Waals surface area (Å²) in [6, 6.07) is 2.68. The van der Waals surface area contributed by atoms with E-state index in [1.54, 1.807) is 0 Å². The lowest BCUT2D eigenvalue weighted by Crippen LogP contribution is -2.08. The number of benzene rings is 1. The second kappa shape index (κ2) is 4.75. The van der Waals surface area contributed by atoms with E-state index >= 15 is 0 Å². The molecule has 0 radical (unpaired) electrons. The minimum Gasteiger partial charge on any atom is -0.476 e. The number of hydrogen-bond donors (Lipinski definition) is 2. The van der Waals surface area contributed by atoms with Gasteiger partial charge in [-0.3, -0.25) is 0 Å². The van der Waals surface area contributed by atoms with Crippen LogP contribution in [0.25, 0.3) is 10.6 Å². The molecule has 2 aromatic rings. The minimum absolute atomic E-state index is 0.204. The molecule has 0 aliphatic carbocycles. The fourth-order valence-corrected chi connectivity index (χ4v) is 2.36. The van der Waals surface area contributed by atoms with Crippen molar-refractivity contribution in [2.24, 2.45) is 0 Å². The average Bonchev–Trinajstić information content (AvgIpc) is 2.70. The van der Waals surface area contributed by atoms with Crippen molar-refractivity contribution in [2.45, 2.75) is 6.18 Å². The third-order valence-corrected chi connectivity index (χ3v) is 3.31. The van der Waals surface area contributed by atoms with Crippen molar-refractivity contribution < 1.29 is 27.5 Å². The molecule has 0 aliphatic heterocycles. The van der Waals surface area contributed by atoms with Crippen LogP contribution in [0.15, 0.2) is 18.2 Å². The molecule has 1 aromatic carbocycles. The van der Waals surface area contributed by atoms with Crippen molar-refractivity contribution >= 4 is 22.3 Å². The summed E-state index contributed by atoms with van der Waals surface area (Å²) >= 11 is 0.608. The normalized spacial score (nSPS) is 11.6. The first-order valence-corrected chi connectivity index (χ1v) is 5.89. The van der Waals surface area contributed by atoms with E-state index in [4.69, 9.17) is 10.8 Å². The van der Waals surface area contributed by atoms with Gasteiger partial charge < -0.3 is 10.8 Å². The van der Waals surface area contributed by atoms with Gasteiger partial charge in [0.05, 0.1) is 5.56 Å². The maximum atomic E-state index is 13.9. The number of rotatable bonds is 2. The van der Waals surface area contributed by atoms with E-state index in [9.17, 15) is 22.4 Å². The summed E-state index contributed by atoms with van der Waals surface area (Å²) in [5.41, 5.74) is 2.99. The molecule has 0 atom stereocenters. The van der Waals surface area contributed by atoms with Gasteiger partial charge in [-0.15, -0.1) is 0 Å². The lowest BCUT2D eigenvalue weighted by Gasteiger charge is -2.09. The predicted octanol–water partition coefficient (Wildman–Crippen LogP) is 3.25. The highest BCUT2D eigenvalue weighted by Gasteiger charge is 2.35. The largest absolute Gasteiger partial charge is 0.476 e. The highest BCUT2D eigenvalue weighted by Crippen LogP contribution is 2.37. The first kappa shape index (κ1) is 14.3. The molecule has 0 amide bonds. The van der Waals surface area contributed by atoms with E-state index in [-0.39, 0.29) is 10.0 Å². The first-order chi connectivity index (χ1) is 9.21. The molecular weight excluding hydrogens is 300 g/mol. The molecule has 0 spiro atoms. The number of alkyl halides is 3. The Balaban J connectivity index is 2.60. The zero-order chi connectivity index (χ0) is 15.1. The lowest BCUT2D eigenvalue weighted by molar-refractivity contribution is -0.139. The van der Waals surface area contributed by atoms with E-state index in [1.165, 1.54) is 0 Å². The highest BCUT2D eigenvalue weighted by atomic mass is 32.1. The summed E-state index contributed by atoms with van der Waals surface area (Å²) in [6.07, 6.45) is -4.85. The molecule has 1 heterocycles. The number of nitrogens with two attached hydrogens (primary N) is 1. The second-order valence-electron chi connectivity index (χ2n) is 3.70. The summed E-state index contributed by atoms with van der Waals surface area (Å²) in [4.78, 5) is 14.3. The Labute approximate surface area is 113 Å². The van der Waals surface area contributed by atoms with Crippen molar-refractivity contribution in [3.63, 3.8) is 0 Å². The van der Waals surface area contributed by atoms with E-state index < -0.39 is 34.8 Å². The Bertz CT molecular complexity index is 682. The summed E-state index contributed by atoms with van der Waals surface area (Å²) in [5, 5.41) is 8.35. The number of anilines is 1. The van der Waals surface area contributed by atoms with Gasteiger partial charge in [0.1, 0.15) is 15.8 Å². The van der Waals surface area contributed by atoms with Gasteiger partial charge in [0, 0.05) is 5.56 Å².